The number of likely N-dealkylation sites (tertiary alicyclic amines) is 1. The van der Waals surface area contributed by atoms with E-state index < -0.39 is 0 Å². The van der Waals surface area contributed by atoms with E-state index in [9.17, 15) is 9.90 Å². The SMILES string of the molecule is O=C(Nc1cnns1)N1CC2CCC(O)CC2C1. The van der Waals surface area contributed by atoms with E-state index in [1.165, 1.54) is 11.5 Å². The lowest BCUT2D eigenvalue weighted by molar-refractivity contribution is 0.0866. The second kappa shape index (κ2) is 4.81. The van der Waals surface area contributed by atoms with Crippen LogP contribution < -0.4 is 5.32 Å². The number of hydrogen-bond donors (Lipinski definition) is 2. The molecule has 2 amide bonds. The van der Waals surface area contributed by atoms with Crippen molar-refractivity contribution < 1.29 is 9.90 Å². The van der Waals surface area contributed by atoms with Crippen LogP contribution in [0.4, 0.5) is 9.80 Å². The van der Waals surface area contributed by atoms with Gasteiger partial charge >= 0.3 is 6.03 Å². The molecule has 1 saturated heterocycles. The van der Waals surface area contributed by atoms with Crippen LogP contribution in [-0.2, 0) is 0 Å². The van der Waals surface area contributed by atoms with E-state index in [4.69, 9.17) is 0 Å². The maximum absolute atomic E-state index is 12.0. The number of aromatic nitrogens is 2. The Balaban J connectivity index is 1.59. The smallest absolute Gasteiger partial charge is 0.322 e. The Kier molecular flexibility index (Phi) is 3.17. The molecule has 6 nitrogen and oxygen atoms in total. The number of carbonyl (C=O) groups excluding carboxylic acids is 1. The highest BCUT2D eigenvalue weighted by Crippen LogP contribution is 2.36. The van der Waals surface area contributed by atoms with E-state index in [2.05, 4.69) is 14.9 Å². The Bertz CT molecular complexity index is 425. The molecule has 0 aromatic carbocycles. The van der Waals surface area contributed by atoms with Crippen molar-refractivity contribution in [1.82, 2.24) is 14.5 Å². The minimum absolute atomic E-state index is 0.0788. The second-order valence-electron chi connectivity index (χ2n) is 5.10. The molecular formula is C11H16N4O2S. The predicted molar refractivity (Wildman–Crippen MR) is 67.3 cm³/mol. The topological polar surface area (TPSA) is 78.4 Å². The molecule has 2 fully saturated rings. The minimum atomic E-state index is -0.181. The lowest BCUT2D eigenvalue weighted by Gasteiger charge is -2.27. The normalized spacial score (nSPS) is 31.2. The van der Waals surface area contributed by atoms with E-state index >= 15 is 0 Å². The highest BCUT2D eigenvalue weighted by Gasteiger charge is 2.38. The van der Waals surface area contributed by atoms with E-state index in [-0.39, 0.29) is 12.1 Å². The zero-order chi connectivity index (χ0) is 12.5. The maximum Gasteiger partial charge on any atom is 0.322 e. The second-order valence-corrected chi connectivity index (χ2v) is 5.89. The van der Waals surface area contributed by atoms with Gasteiger partial charge in [0.2, 0.25) is 0 Å². The molecule has 1 aromatic rings. The highest BCUT2D eigenvalue weighted by atomic mass is 32.1. The van der Waals surface area contributed by atoms with Gasteiger partial charge in [0.1, 0.15) is 5.00 Å². The Morgan fingerprint density at radius 1 is 1.44 bits per heavy atom. The fraction of sp³-hybridized carbons (Fsp3) is 0.727. The summed E-state index contributed by atoms with van der Waals surface area (Å²) < 4.78 is 3.71. The van der Waals surface area contributed by atoms with Gasteiger partial charge < -0.3 is 10.0 Å². The van der Waals surface area contributed by atoms with Gasteiger partial charge in [-0.15, -0.1) is 5.10 Å². The first-order valence-corrected chi connectivity index (χ1v) is 7.01. The summed E-state index contributed by atoms with van der Waals surface area (Å²) in [5, 5.41) is 16.8. The molecule has 0 bridgehead atoms. The average molecular weight is 268 g/mol. The first-order chi connectivity index (χ1) is 8.72. The number of aliphatic hydroxyl groups is 1. The maximum atomic E-state index is 12.0. The standard InChI is InChI=1S/C11H16N4O2S/c16-9-2-1-7-5-15(6-8(7)3-9)11(17)13-10-4-12-14-18-10/h4,7-9,16H,1-3,5-6H2,(H,13,17). The van der Waals surface area contributed by atoms with Gasteiger partial charge in [-0.25, -0.2) is 4.79 Å². The van der Waals surface area contributed by atoms with Gasteiger partial charge in [0.05, 0.1) is 12.3 Å². The Morgan fingerprint density at radius 2 is 2.28 bits per heavy atom. The van der Waals surface area contributed by atoms with Crippen LogP contribution in [0.25, 0.3) is 0 Å². The number of hydrogen-bond acceptors (Lipinski definition) is 5. The summed E-state index contributed by atoms with van der Waals surface area (Å²) in [5.74, 6) is 1.01. The van der Waals surface area contributed by atoms with Crippen molar-refractivity contribution in [2.75, 3.05) is 18.4 Å². The van der Waals surface area contributed by atoms with E-state index in [0.29, 0.717) is 16.8 Å². The fourth-order valence-electron chi connectivity index (χ4n) is 2.98. The number of anilines is 1. The van der Waals surface area contributed by atoms with E-state index in [0.717, 1.165) is 32.4 Å². The van der Waals surface area contributed by atoms with Crippen LogP contribution in [0.15, 0.2) is 6.20 Å². The van der Waals surface area contributed by atoms with Crippen molar-refractivity contribution in [3.05, 3.63) is 6.20 Å². The first kappa shape index (κ1) is 11.9. The van der Waals surface area contributed by atoms with Gasteiger partial charge in [-0.05, 0) is 31.1 Å². The van der Waals surface area contributed by atoms with Crippen LogP contribution in [0.2, 0.25) is 0 Å². The van der Waals surface area contributed by atoms with Crippen molar-refractivity contribution in [3.63, 3.8) is 0 Å². The monoisotopic (exact) mass is 268 g/mol. The molecular weight excluding hydrogens is 252 g/mol. The summed E-state index contributed by atoms with van der Waals surface area (Å²) in [4.78, 5) is 13.9. The van der Waals surface area contributed by atoms with Gasteiger partial charge in [0, 0.05) is 24.6 Å². The molecule has 3 unspecified atom stereocenters. The number of nitrogens with zero attached hydrogens (tertiary/aromatic N) is 3. The number of nitrogens with one attached hydrogen (secondary N) is 1. The van der Waals surface area contributed by atoms with Gasteiger partial charge in [-0.2, -0.15) is 0 Å². The molecule has 0 radical (unpaired) electrons. The third-order valence-corrected chi connectivity index (χ3v) is 4.48. The molecule has 2 heterocycles. The lowest BCUT2D eigenvalue weighted by atomic mass is 9.80. The predicted octanol–water partition coefficient (Wildman–Crippen LogP) is 1.16. The Labute approximate surface area is 109 Å². The first-order valence-electron chi connectivity index (χ1n) is 6.23. The molecule has 7 heteroatoms. The highest BCUT2D eigenvalue weighted by molar-refractivity contribution is 7.10. The molecule has 3 rings (SSSR count). The molecule has 2 N–H and O–H groups in total. The van der Waals surface area contributed by atoms with Gasteiger partial charge in [0.15, 0.2) is 0 Å². The van der Waals surface area contributed by atoms with Crippen molar-refractivity contribution >= 4 is 22.6 Å². The number of amides is 2. The minimum Gasteiger partial charge on any atom is -0.393 e. The molecule has 0 spiro atoms. The van der Waals surface area contributed by atoms with Crippen LogP contribution >= 0.6 is 11.5 Å². The molecule has 3 atom stereocenters. The third kappa shape index (κ3) is 2.32. The fourth-order valence-corrected chi connectivity index (χ4v) is 3.39. The Morgan fingerprint density at radius 3 is 3.06 bits per heavy atom. The lowest BCUT2D eigenvalue weighted by Crippen LogP contribution is -2.33. The van der Waals surface area contributed by atoms with Crippen LogP contribution in [0.5, 0.6) is 0 Å². The van der Waals surface area contributed by atoms with Gasteiger partial charge in [-0.1, -0.05) is 4.49 Å². The van der Waals surface area contributed by atoms with E-state index in [1.807, 2.05) is 4.90 Å². The number of urea groups is 1. The summed E-state index contributed by atoms with van der Waals surface area (Å²) in [5.41, 5.74) is 0. The summed E-state index contributed by atoms with van der Waals surface area (Å²) in [6, 6.07) is -0.0788. The summed E-state index contributed by atoms with van der Waals surface area (Å²) >= 11 is 1.18. The average Bonchev–Trinajstić information content (AvgIpc) is 2.96. The molecule has 98 valence electrons. The number of aliphatic hydroxyl groups excluding tert-OH is 1. The zero-order valence-electron chi connectivity index (χ0n) is 9.95. The van der Waals surface area contributed by atoms with Gasteiger partial charge in [-0.3, -0.25) is 5.32 Å². The molecule has 2 aliphatic rings. The van der Waals surface area contributed by atoms with Crippen LogP contribution in [0.3, 0.4) is 0 Å². The Hall–Kier alpha value is -1.21. The van der Waals surface area contributed by atoms with Gasteiger partial charge in [0.25, 0.3) is 0 Å². The van der Waals surface area contributed by atoms with Crippen molar-refractivity contribution in [2.24, 2.45) is 11.8 Å². The quantitative estimate of drug-likeness (QED) is 0.801. The molecule has 1 aliphatic heterocycles. The molecule has 18 heavy (non-hydrogen) atoms. The number of carbonyl (C=O) groups is 1. The molecule has 1 aromatic heterocycles. The van der Waals surface area contributed by atoms with Crippen LogP contribution in [0, 0.1) is 11.8 Å². The van der Waals surface area contributed by atoms with E-state index in [1.54, 1.807) is 6.20 Å². The largest absolute Gasteiger partial charge is 0.393 e. The summed E-state index contributed by atoms with van der Waals surface area (Å²) in [6.45, 7) is 1.55. The summed E-state index contributed by atoms with van der Waals surface area (Å²) in [6.07, 6.45) is 4.10. The third-order valence-electron chi connectivity index (χ3n) is 3.90. The molecule has 1 saturated carbocycles. The molecule has 1 aliphatic carbocycles. The van der Waals surface area contributed by atoms with Crippen LogP contribution in [-0.4, -0.2) is 44.8 Å². The van der Waals surface area contributed by atoms with Crippen LogP contribution in [0.1, 0.15) is 19.3 Å². The van der Waals surface area contributed by atoms with Crippen molar-refractivity contribution in [1.29, 1.82) is 0 Å². The van der Waals surface area contributed by atoms with Crippen molar-refractivity contribution in [2.45, 2.75) is 25.4 Å². The number of rotatable bonds is 1. The number of fused-ring (bicyclic) bond motifs is 1. The summed E-state index contributed by atoms with van der Waals surface area (Å²) in [7, 11) is 0. The zero-order valence-corrected chi connectivity index (χ0v) is 10.8. The van der Waals surface area contributed by atoms with Crippen molar-refractivity contribution in [3.8, 4) is 0 Å².